The molecular formula is C18H23BO4. The molecule has 0 saturated heterocycles. The summed E-state index contributed by atoms with van der Waals surface area (Å²) >= 11 is 0. The van der Waals surface area contributed by atoms with E-state index in [4.69, 9.17) is 18.8 Å². The minimum Gasteiger partial charge on any atom is -0.526 e. The normalized spacial score (nSPS) is 10.1. The number of benzene rings is 2. The molecule has 0 aromatic heterocycles. The third kappa shape index (κ3) is 4.85. The molecule has 0 radical (unpaired) electrons. The molecular weight excluding hydrogens is 291 g/mol. The van der Waals surface area contributed by atoms with Crippen LogP contribution in [0.3, 0.4) is 0 Å². The lowest BCUT2D eigenvalue weighted by atomic mass is 10.2. The van der Waals surface area contributed by atoms with Gasteiger partial charge in [0.1, 0.15) is 11.5 Å². The summed E-state index contributed by atoms with van der Waals surface area (Å²) in [5, 5.41) is 0. The fourth-order valence-electron chi connectivity index (χ4n) is 2.16. The maximum atomic E-state index is 5.74. The lowest BCUT2D eigenvalue weighted by Gasteiger charge is -2.15. The Hall–Kier alpha value is -2.30. The Bertz CT molecular complexity index is 587. The van der Waals surface area contributed by atoms with E-state index in [1.54, 1.807) is 0 Å². The van der Waals surface area contributed by atoms with Gasteiger partial charge in [0.25, 0.3) is 0 Å². The molecule has 2 rings (SSSR count). The molecule has 0 saturated carbocycles. The van der Waals surface area contributed by atoms with Crippen LogP contribution in [0.15, 0.2) is 36.4 Å². The number of ether oxygens (including phenoxy) is 2. The van der Waals surface area contributed by atoms with Gasteiger partial charge in [-0.3, -0.25) is 0 Å². The van der Waals surface area contributed by atoms with E-state index in [1.165, 1.54) is 0 Å². The van der Waals surface area contributed by atoms with Gasteiger partial charge in [-0.1, -0.05) is 12.1 Å². The Morgan fingerprint density at radius 2 is 1.13 bits per heavy atom. The SMILES string of the molecule is CCOc1ccc(C)cc1OBOc1cc(C)ccc1OCC. The van der Waals surface area contributed by atoms with Crippen LogP contribution in [-0.4, -0.2) is 20.9 Å². The molecule has 23 heavy (non-hydrogen) atoms. The molecule has 5 heteroatoms. The minimum absolute atomic E-state index is 0.0903. The van der Waals surface area contributed by atoms with Crippen LogP contribution in [0.5, 0.6) is 23.0 Å². The summed E-state index contributed by atoms with van der Waals surface area (Å²) in [5.74, 6) is 2.79. The van der Waals surface area contributed by atoms with Crippen molar-refractivity contribution in [2.24, 2.45) is 0 Å². The van der Waals surface area contributed by atoms with Crippen LogP contribution in [0.25, 0.3) is 0 Å². The number of hydrogen-bond acceptors (Lipinski definition) is 4. The van der Waals surface area contributed by atoms with Gasteiger partial charge >= 0.3 is 7.69 Å². The summed E-state index contributed by atoms with van der Waals surface area (Å²) < 4.78 is 22.6. The van der Waals surface area contributed by atoms with Crippen molar-refractivity contribution in [2.45, 2.75) is 27.7 Å². The van der Waals surface area contributed by atoms with Crippen molar-refractivity contribution in [3.05, 3.63) is 47.5 Å². The molecule has 0 fully saturated rings. The summed E-state index contributed by atoms with van der Waals surface area (Å²) in [6, 6.07) is 11.7. The van der Waals surface area contributed by atoms with Crippen molar-refractivity contribution in [1.82, 2.24) is 0 Å². The van der Waals surface area contributed by atoms with Crippen LogP contribution < -0.4 is 18.8 Å². The summed E-state index contributed by atoms with van der Waals surface area (Å²) in [7, 11) is 0.0903. The number of hydrogen-bond donors (Lipinski definition) is 0. The van der Waals surface area contributed by atoms with E-state index in [-0.39, 0.29) is 7.69 Å². The fraction of sp³-hybridized carbons (Fsp3) is 0.333. The van der Waals surface area contributed by atoms with Crippen molar-refractivity contribution < 1.29 is 18.8 Å². The second-order valence-corrected chi connectivity index (χ2v) is 5.17. The predicted molar refractivity (Wildman–Crippen MR) is 93.1 cm³/mol. The lowest BCUT2D eigenvalue weighted by molar-refractivity contribution is 0.317. The average Bonchev–Trinajstić information content (AvgIpc) is 2.53. The van der Waals surface area contributed by atoms with Crippen LogP contribution in [0, 0.1) is 13.8 Å². The zero-order chi connectivity index (χ0) is 16.7. The first-order valence-electron chi connectivity index (χ1n) is 7.86. The third-order valence-corrected chi connectivity index (χ3v) is 3.23. The molecule has 0 bridgehead atoms. The van der Waals surface area contributed by atoms with Crippen molar-refractivity contribution in [3.63, 3.8) is 0 Å². The number of rotatable bonds is 8. The second-order valence-electron chi connectivity index (χ2n) is 5.17. The third-order valence-electron chi connectivity index (χ3n) is 3.23. The van der Waals surface area contributed by atoms with Crippen LogP contribution >= 0.6 is 0 Å². The average molecular weight is 314 g/mol. The predicted octanol–water partition coefficient (Wildman–Crippen LogP) is 3.83. The van der Waals surface area contributed by atoms with Crippen LogP contribution in [-0.2, 0) is 0 Å². The molecule has 0 aliphatic rings. The topological polar surface area (TPSA) is 36.9 Å². The van der Waals surface area contributed by atoms with E-state index in [1.807, 2.05) is 64.1 Å². The Balaban J connectivity index is 2.05. The molecule has 2 aromatic carbocycles. The Kier molecular flexibility index (Phi) is 6.21. The van der Waals surface area contributed by atoms with Crippen molar-refractivity contribution in [2.75, 3.05) is 13.2 Å². The molecule has 0 aliphatic carbocycles. The molecule has 4 nitrogen and oxygen atoms in total. The zero-order valence-electron chi connectivity index (χ0n) is 14.2. The second kappa shape index (κ2) is 8.37. The molecule has 0 aliphatic heterocycles. The zero-order valence-corrected chi connectivity index (χ0v) is 14.2. The van der Waals surface area contributed by atoms with Crippen molar-refractivity contribution in [3.8, 4) is 23.0 Å². The highest BCUT2D eigenvalue weighted by atomic mass is 16.6. The van der Waals surface area contributed by atoms with E-state index in [9.17, 15) is 0 Å². The molecule has 0 N–H and O–H groups in total. The van der Waals surface area contributed by atoms with Gasteiger partial charge in [0.15, 0.2) is 11.5 Å². The highest BCUT2D eigenvalue weighted by Gasteiger charge is 2.10. The van der Waals surface area contributed by atoms with Crippen LogP contribution in [0.2, 0.25) is 0 Å². The van der Waals surface area contributed by atoms with E-state index >= 15 is 0 Å². The van der Waals surface area contributed by atoms with Gasteiger partial charge in [-0.15, -0.1) is 0 Å². The highest BCUT2D eigenvalue weighted by Crippen LogP contribution is 2.30. The van der Waals surface area contributed by atoms with E-state index in [0.717, 1.165) is 22.6 Å². The molecule has 2 aromatic rings. The first-order chi connectivity index (χ1) is 11.1. The van der Waals surface area contributed by atoms with Gasteiger partial charge in [-0.05, 0) is 63.1 Å². The fourth-order valence-corrected chi connectivity index (χ4v) is 2.16. The summed E-state index contributed by atoms with van der Waals surface area (Å²) in [4.78, 5) is 0. The summed E-state index contributed by atoms with van der Waals surface area (Å²) in [6.45, 7) is 9.09. The van der Waals surface area contributed by atoms with E-state index < -0.39 is 0 Å². The molecule has 0 spiro atoms. The molecule has 0 unspecified atom stereocenters. The van der Waals surface area contributed by atoms with Crippen LogP contribution in [0.4, 0.5) is 0 Å². The number of aryl methyl sites for hydroxylation is 2. The van der Waals surface area contributed by atoms with Crippen molar-refractivity contribution >= 4 is 7.69 Å². The van der Waals surface area contributed by atoms with Gasteiger partial charge in [-0.25, -0.2) is 0 Å². The first-order valence-corrected chi connectivity index (χ1v) is 7.86. The first kappa shape index (κ1) is 17.1. The van der Waals surface area contributed by atoms with Gasteiger partial charge in [-0.2, -0.15) is 0 Å². The standard InChI is InChI=1S/C18H23BO4/c1-5-20-15-9-7-13(3)11-17(15)22-19-23-18-12-14(4)8-10-16(18)21-6-2/h7-12,19H,5-6H2,1-4H3. The van der Waals surface area contributed by atoms with Crippen molar-refractivity contribution in [1.29, 1.82) is 0 Å². The quantitative estimate of drug-likeness (QED) is 0.694. The molecule has 0 amide bonds. The van der Waals surface area contributed by atoms with Gasteiger partial charge in [0.2, 0.25) is 0 Å². The molecule has 0 heterocycles. The Labute approximate surface area is 138 Å². The Morgan fingerprint density at radius 3 is 1.52 bits per heavy atom. The largest absolute Gasteiger partial charge is 0.576 e. The van der Waals surface area contributed by atoms with E-state index in [2.05, 4.69) is 0 Å². The monoisotopic (exact) mass is 314 g/mol. The smallest absolute Gasteiger partial charge is 0.526 e. The molecule has 0 atom stereocenters. The van der Waals surface area contributed by atoms with Gasteiger partial charge in [0.05, 0.1) is 13.2 Å². The molecule has 122 valence electrons. The van der Waals surface area contributed by atoms with Gasteiger partial charge in [0, 0.05) is 0 Å². The maximum Gasteiger partial charge on any atom is 0.576 e. The van der Waals surface area contributed by atoms with E-state index in [0.29, 0.717) is 24.7 Å². The van der Waals surface area contributed by atoms with Gasteiger partial charge < -0.3 is 18.8 Å². The highest BCUT2D eigenvalue weighted by molar-refractivity contribution is 6.21. The maximum absolute atomic E-state index is 5.74. The minimum atomic E-state index is 0.0903. The lowest BCUT2D eigenvalue weighted by Crippen LogP contribution is -2.13. The summed E-state index contributed by atoms with van der Waals surface area (Å²) in [5.41, 5.74) is 2.21. The van der Waals surface area contributed by atoms with Crippen LogP contribution in [0.1, 0.15) is 25.0 Å². The Morgan fingerprint density at radius 1 is 0.696 bits per heavy atom. The summed E-state index contributed by atoms with van der Waals surface area (Å²) in [6.07, 6.45) is 0.